The molecule has 0 aromatic carbocycles. The van der Waals surface area contributed by atoms with Gasteiger partial charge in [0.25, 0.3) is 0 Å². The van der Waals surface area contributed by atoms with Gasteiger partial charge in [-0.25, -0.2) is 9.37 Å². The van der Waals surface area contributed by atoms with Crippen molar-refractivity contribution in [1.29, 1.82) is 0 Å². The Hall–Kier alpha value is -1.16. The lowest BCUT2D eigenvalue weighted by Crippen LogP contribution is -2.23. The molecule has 1 unspecified atom stereocenters. The summed E-state index contributed by atoms with van der Waals surface area (Å²) in [7, 11) is 0. The first-order valence-electron chi connectivity index (χ1n) is 4.31. The lowest BCUT2D eigenvalue weighted by molar-refractivity contribution is 0.198. The molecule has 0 radical (unpaired) electrons. The highest BCUT2D eigenvalue weighted by atomic mass is 19.1. The first kappa shape index (κ1) is 8.44. The SMILES string of the molecule is OC1CCN(c2ncccc2F)C1. The number of aliphatic hydroxyl groups is 1. The number of rotatable bonds is 1. The van der Waals surface area contributed by atoms with Crippen LogP contribution in [0.5, 0.6) is 0 Å². The Labute approximate surface area is 75.8 Å². The molecular formula is C9H11FN2O. The smallest absolute Gasteiger partial charge is 0.165 e. The standard InChI is InChI=1S/C9H11FN2O/c10-8-2-1-4-11-9(8)12-5-3-7(13)6-12/h1-2,4,7,13H,3,5-6H2. The lowest BCUT2D eigenvalue weighted by Gasteiger charge is -2.16. The van der Waals surface area contributed by atoms with E-state index in [1.165, 1.54) is 6.07 Å². The predicted molar refractivity (Wildman–Crippen MR) is 47.0 cm³/mol. The third-order valence-corrected chi connectivity index (χ3v) is 2.20. The highest BCUT2D eigenvalue weighted by Gasteiger charge is 2.23. The molecule has 1 aromatic rings. The van der Waals surface area contributed by atoms with Crippen LogP contribution in [-0.2, 0) is 0 Å². The molecule has 2 rings (SSSR count). The summed E-state index contributed by atoms with van der Waals surface area (Å²) in [4.78, 5) is 5.70. The minimum absolute atomic E-state index is 0.323. The summed E-state index contributed by atoms with van der Waals surface area (Å²) in [5.41, 5.74) is 0. The van der Waals surface area contributed by atoms with Crippen molar-refractivity contribution < 1.29 is 9.50 Å². The van der Waals surface area contributed by atoms with Crippen molar-refractivity contribution in [3.63, 3.8) is 0 Å². The summed E-state index contributed by atoms with van der Waals surface area (Å²) in [6, 6.07) is 2.94. The van der Waals surface area contributed by atoms with E-state index >= 15 is 0 Å². The lowest BCUT2D eigenvalue weighted by atomic mass is 10.3. The molecule has 1 aliphatic rings. The quantitative estimate of drug-likeness (QED) is 0.697. The molecule has 1 aliphatic heterocycles. The second kappa shape index (κ2) is 3.30. The van der Waals surface area contributed by atoms with Crippen molar-refractivity contribution in [2.24, 2.45) is 0 Å². The molecule has 1 saturated heterocycles. The first-order chi connectivity index (χ1) is 6.27. The van der Waals surface area contributed by atoms with Gasteiger partial charge in [-0.05, 0) is 18.6 Å². The molecule has 1 N–H and O–H groups in total. The van der Waals surface area contributed by atoms with Crippen LogP contribution in [0, 0.1) is 5.82 Å². The molecule has 1 atom stereocenters. The number of halogens is 1. The van der Waals surface area contributed by atoms with Crippen molar-refractivity contribution in [2.45, 2.75) is 12.5 Å². The maximum Gasteiger partial charge on any atom is 0.165 e. The van der Waals surface area contributed by atoms with Crippen molar-refractivity contribution in [2.75, 3.05) is 18.0 Å². The van der Waals surface area contributed by atoms with Gasteiger partial charge >= 0.3 is 0 Å². The van der Waals surface area contributed by atoms with E-state index in [0.29, 0.717) is 25.3 Å². The van der Waals surface area contributed by atoms with E-state index in [1.807, 2.05) is 0 Å². The maximum atomic E-state index is 13.2. The summed E-state index contributed by atoms with van der Waals surface area (Å²) >= 11 is 0. The molecule has 0 saturated carbocycles. The Morgan fingerprint density at radius 1 is 1.62 bits per heavy atom. The molecule has 4 heteroatoms. The molecule has 3 nitrogen and oxygen atoms in total. The molecular weight excluding hydrogens is 171 g/mol. The van der Waals surface area contributed by atoms with Crippen LogP contribution in [0.3, 0.4) is 0 Å². The van der Waals surface area contributed by atoms with Crippen LogP contribution in [0.15, 0.2) is 18.3 Å². The van der Waals surface area contributed by atoms with Gasteiger partial charge in [0, 0.05) is 19.3 Å². The Kier molecular flexibility index (Phi) is 2.14. The van der Waals surface area contributed by atoms with E-state index in [0.717, 1.165) is 0 Å². The molecule has 13 heavy (non-hydrogen) atoms. The van der Waals surface area contributed by atoms with Crippen LogP contribution in [0.1, 0.15) is 6.42 Å². The second-order valence-electron chi connectivity index (χ2n) is 3.20. The topological polar surface area (TPSA) is 36.4 Å². The van der Waals surface area contributed by atoms with Crippen molar-refractivity contribution in [3.05, 3.63) is 24.1 Å². The van der Waals surface area contributed by atoms with Gasteiger partial charge in [0.1, 0.15) is 0 Å². The van der Waals surface area contributed by atoms with Gasteiger partial charge in [0.05, 0.1) is 6.10 Å². The zero-order chi connectivity index (χ0) is 9.26. The second-order valence-corrected chi connectivity index (χ2v) is 3.20. The zero-order valence-electron chi connectivity index (χ0n) is 7.15. The van der Waals surface area contributed by atoms with Gasteiger partial charge in [0.15, 0.2) is 11.6 Å². The van der Waals surface area contributed by atoms with Crippen LogP contribution in [0.2, 0.25) is 0 Å². The van der Waals surface area contributed by atoms with E-state index in [4.69, 9.17) is 0 Å². The minimum Gasteiger partial charge on any atom is -0.391 e. The molecule has 2 heterocycles. The first-order valence-corrected chi connectivity index (χ1v) is 4.31. The number of pyridine rings is 1. The van der Waals surface area contributed by atoms with Gasteiger partial charge in [-0.2, -0.15) is 0 Å². The zero-order valence-corrected chi connectivity index (χ0v) is 7.15. The predicted octanol–water partition coefficient (Wildman–Crippen LogP) is 0.792. The number of aliphatic hydroxyl groups excluding tert-OH is 1. The van der Waals surface area contributed by atoms with Crippen LogP contribution in [0.25, 0.3) is 0 Å². The van der Waals surface area contributed by atoms with Crippen LogP contribution >= 0.6 is 0 Å². The molecule has 0 spiro atoms. The van der Waals surface area contributed by atoms with Gasteiger partial charge in [0.2, 0.25) is 0 Å². The summed E-state index contributed by atoms with van der Waals surface area (Å²) < 4.78 is 13.2. The Morgan fingerprint density at radius 2 is 2.46 bits per heavy atom. The van der Waals surface area contributed by atoms with Gasteiger partial charge in [-0.1, -0.05) is 0 Å². The van der Waals surface area contributed by atoms with Crippen LogP contribution in [0.4, 0.5) is 10.2 Å². The monoisotopic (exact) mass is 182 g/mol. The highest BCUT2D eigenvalue weighted by molar-refractivity contribution is 5.40. The normalized spacial score (nSPS) is 22.3. The molecule has 70 valence electrons. The van der Waals surface area contributed by atoms with E-state index < -0.39 is 0 Å². The number of hydrogen-bond donors (Lipinski definition) is 1. The fourth-order valence-electron chi connectivity index (χ4n) is 1.54. The van der Waals surface area contributed by atoms with Crippen molar-refractivity contribution in [3.8, 4) is 0 Å². The van der Waals surface area contributed by atoms with E-state index in [9.17, 15) is 9.50 Å². The third-order valence-electron chi connectivity index (χ3n) is 2.20. The van der Waals surface area contributed by atoms with Crippen LogP contribution < -0.4 is 4.90 Å². The number of anilines is 1. The van der Waals surface area contributed by atoms with E-state index in [2.05, 4.69) is 4.98 Å². The number of β-amino-alcohol motifs (C(OH)–C–C–N with tert-alkyl or cyclic N) is 1. The average Bonchev–Trinajstić information content (AvgIpc) is 2.53. The highest BCUT2D eigenvalue weighted by Crippen LogP contribution is 2.20. The van der Waals surface area contributed by atoms with Gasteiger partial charge in [-0.3, -0.25) is 0 Å². The molecule has 0 amide bonds. The number of nitrogens with zero attached hydrogens (tertiary/aromatic N) is 2. The minimum atomic E-state index is -0.346. The summed E-state index contributed by atoms with van der Waals surface area (Å²) in [5, 5.41) is 9.26. The van der Waals surface area contributed by atoms with E-state index in [-0.39, 0.29) is 11.9 Å². The van der Waals surface area contributed by atoms with Gasteiger partial charge < -0.3 is 10.0 Å². The summed E-state index contributed by atoms with van der Waals surface area (Å²) in [5.74, 6) is 0.0238. The maximum absolute atomic E-state index is 13.2. The Balaban J connectivity index is 2.21. The molecule has 1 fully saturated rings. The van der Waals surface area contributed by atoms with Crippen molar-refractivity contribution in [1.82, 2.24) is 4.98 Å². The number of aromatic nitrogens is 1. The summed E-state index contributed by atoms with van der Waals surface area (Å²) in [6.07, 6.45) is 1.90. The fourth-order valence-corrected chi connectivity index (χ4v) is 1.54. The third kappa shape index (κ3) is 1.62. The largest absolute Gasteiger partial charge is 0.391 e. The van der Waals surface area contributed by atoms with Crippen LogP contribution in [-0.4, -0.2) is 29.3 Å². The average molecular weight is 182 g/mol. The van der Waals surface area contributed by atoms with E-state index in [1.54, 1.807) is 17.2 Å². The number of hydrogen-bond acceptors (Lipinski definition) is 3. The molecule has 0 bridgehead atoms. The summed E-state index contributed by atoms with van der Waals surface area (Å²) in [6.45, 7) is 1.16. The molecule has 1 aromatic heterocycles. The van der Waals surface area contributed by atoms with Crippen molar-refractivity contribution >= 4 is 5.82 Å². The van der Waals surface area contributed by atoms with Gasteiger partial charge in [-0.15, -0.1) is 0 Å². The molecule has 0 aliphatic carbocycles. The Bertz CT molecular complexity index is 305. The fraction of sp³-hybridized carbons (Fsp3) is 0.444. The Morgan fingerprint density at radius 3 is 3.08 bits per heavy atom.